The van der Waals surface area contributed by atoms with Crippen molar-refractivity contribution >= 4 is 29.1 Å². The van der Waals surface area contributed by atoms with Gasteiger partial charge >= 0.3 is 0 Å². The fourth-order valence-corrected chi connectivity index (χ4v) is 5.91. The second kappa shape index (κ2) is 9.50. The lowest BCUT2D eigenvalue weighted by Crippen LogP contribution is -2.45. The number of carbonyl (C=O) groups excluding carboxylic acids is 3. The smallest absolute Gasteiger partial charge is 0.241 e. The second-order valence-electron chi connectivity index (χ2n) is 9.02. The molecule has 0 spiro atoms. The number of benzene rings is 1. The maximum atomic E-state index is 13.9. The molecule has 34 heavy (non-hydrogen) atoms. The van der Waals surface area contributed by atoms with Crippen LogP contribution >= 0.6 is 11.3 Å². The fourth-order valence-electron chi connectivity index (χ4n) is 5.21. The number of hydrogen-bond acceptors (Lipinski definition) is 5. The van der Waals surface area contributed by atoms with Gasteiger partial charge in [0.1, 0.15) is 0 Å². The molecule has 5 rings (SSSR count). The number of imide groups is 1. The molecule has 6 nitrogen and oxygen atoms in total. The summed E-state index contributed by atoms with van der Waals surface area (Å²) in [5.41, 5.74) is 0.415. The zero-order valence-corrected chi connectivity index (χ0v) is 19.7. The zero-order valence-electron chi connectivity index (χ0n) is 18.9. The van der Waals surface area contributed by atoms with Gasteiger partial charge in [0.05, 0.1) is 23.7 Å². The normalized spacial score (nSPS) is 22.9. The molecule has 2 aliphatic rings. The molecule has 0 bridgehead atoms. The second-order valence-corrected chi connectivity index (χ2v) is 10.1. The Bertz CT molecular complexity index is 1170. The number of hydrogen-bond donors (Lipinski definition) is 0. The van der Waals surface area contributed by atoms with Crippen molar-refractivity contribution < 1.29 is 14.4 Å². The van der Waals surface area contributed by atoms with E-state index in [9.17, 15) is 14.4 Å². The molecule has 174 valence electrons. The van der Waals surface area contributed by atoms with Crippen molar-refractivity contribution in [2.24, 2.45) is 0 Å². The highest BCUT2D eigenvalue weighted by Crippen LogP contribution is 2.42. The van der Waals surface area contributed by atoms with Gasteiger partial charge in [-0.25, -0.2) is 0 Å². The Morgan fingerprint density at radius 2 is 1.85 bits per heavy atom. The highest BCUT2D eigenvalue weighted by molar-refractivity contribution is 7.09. The molecule has 4 heterocycles. The standard InChI is InChI=1S/C27H27N3O3S/c31-24(29-15-7-5-13-23(29)22-12-4-6-14-28-22)17-27(20-9-2-1-3-10-20)18-25(32)30(26(27)33)19-21-11-8-16-34-21/h1-4,6,8-12,14,16,23H,5,7,13,15,17-19H2/t23-,27-/m1/s1. The lowest BCUT2D eigenvalue weighted by Gasteiger charge is -2.37. The van der Waals surface area contributed by atoms with Gasteiger partial charge in [-0.1, -0.05) is 42.5 Å². The monoisotopic (exact) mass is 473 g/mol. The summed E-state index contributed by atoms with van der Waals surface area (Å²) in [6, 6.07) is 18.8. The van der Waals surface area contributed by atoms with Crippen molar-refractivity contribution in [3.05, 3.63) is 88.4 Å². The molecule has 1 aromatic carbocycles. The summed E-state index contributed by atoms with van der Waals surface area (Å²) < 4.78 is 0. The molecule has 0 saturated carbocycles. The number of nitrogens with zero attached hydrogens (tertiary/aromatic N) is 3. The minimum atomic E-state index is -1.18. The van der Waals surface area contributed by atoms with Crippen molar-refractivity contribution in [3.8, 4) is 0 Å². The average molecular weight is 474 g/mol. The van der Waals surface area contributed by atoms with Crippen molar-refractivity contribution in [1.82, 2.24) is 14.8 Å². The molecule has 0 aliphatic carbocycles. The van der Waals surface area contributed by atoms with Crippen molar-refractivity contribution in [2.45, 2.75) is 50.1 Å². The number of piperidine rings is 1. The van der Waals surface area contributed by atoms with Crippen molar-refractivity contribution in [2.75, 3.05) is 6.54 Å². The number of pyridine rings is 1. The fraction of sp³-hybridized carbons (Fsp3) is 0.333. The lowest BCUT2D eigenvalue weighted by molar-refractivity contribution is -0.144. The Kier molecular flexibility index (Phi) is 6.28. The molecule has 2 fully saturated rings. The molecule has 0 radical (unpaired) electrons. The van der Waals surface area contributed by atoms with E-state index in [2.05, 4.69) is 4.98 Å². The summed E-state index contributed by atoms with van der Waals surface area (Å²) in [5, 5.41) is 1.93. The minimum absolute atomic E-state index is 0.00898. The molecule has 2 aliphatic heterocycles. The minimum Gasteiger partial charge on any atom is -0.334 e. The summed E-state index contributed by atoms with van der Waals surface area (Å²) in [4.78, 5) is 49.4. The van der Waals surface area contributed by atoms with E-state index in [1.165, 1.54) is 16.2 Å². The van der Waals surface area contributed by atoms with Crippen LogP contribution in [0.5, 0.6) is 0 Å². The third kappa shape index (κ3) is 4.16. The molecule has 2 saturated heterocycles. The topological polar surface area (TPSA) is 70.6 Å². The quantitative estimate of drug-likeness (QED) is 0.495. The number of amides is 3. The van der Waals surface area contributed by atoms with E-state index in [-0.39, 0.29) is 43.1 Å². The van der Waals surface area contributed by atoms with Crippen LogP contribution in [0.2, 0.25) is 0 Å². The first-order chi connectivity index (χ1) is 16.6. The lowest BCUT2D eigenvalue weighted by atomic mass is 9.75. The van der Waals surface area contributed by atoms with Crippen molar-refractivity contribution in [3.63, 3.8) is 0 Å². The predicted molar refractivity (Wildman–Crippen MR) is 130 cm³/mol. The average Bonchev–Trinajstić information content (AvgIpc) is 3.48. The number of thiophene rings is 1. The van der Waals surface area contributed by atoms with E-state index in [1.807, 2.05) is 70.9 Å². The summed E-state index contributed by atoms with van der Waals surface area (Å²) in [6.45, 7) is 0.879. The highest BCUT2D eigenvalue weighted by atomic mass is 32.1. The van der Waals surface area contributed by atoms with Crippen LogP contribution in [0.1, 0.15) is 54.3 Å². The number of rotatable bonds is 6. The molecule has 3 aromatic rings. The number of aromatic nitrogens is 1. The van der Waals surface area contributed by atoms with Gasteiger partial charge in [-0.2, -0.15) is 0 Å². The van der Waals surface area contributed by atoms with Gasteiger partial charge < -0.3 is 4.90 Å². The molecule has 2 aromatic heterocycles. The molecule has 7 heteroatoms. The number of carbonyl (C=O) groups is 3. The Hall–Kier alpha value is -3.32. The predicted octanol–water partition coefficient (Wildman–Crippen LogP) is 4.48. The molecule has 3 amide bonds. The van der Waals surface area contributed by atoms with Gasteiger partial charge in [0.2, 0.25) is 17.7 Å². The molecule has 0 unspecified atom stereocenters. The maximum Gasteiger partial charge on any atom is 0.241 e. The summed E-state index contributed by atoms with van der Waals surface area (Å²) in [5.74, 6) is -0.606. The van der Waals surface area contributed by atoms with E-state index in [0.29, 0.717) is 6.54 Å². The van der Waals surface area contributed by atoms with Crippen LogP contribution in [0, 0.1) is 0 Å². The van der Waals surface area contributed by atoms with Gasteiger partial charge in [0.15, 0.2) is 0 Å². The third-order valence-corrected chi connectivity index (χ3v) is 7.80. The van der Waals surface area contributed by atoms with Crippen LogP contribution in [0.3, 0.4) is 0 Å². The Labute approximate surface area is 203 Å². The van der Waals surface area contributed by atoms with Crippen LogP contribution in [0.15, 0.2) is 72.2 Å². The van der Waals surface area contributed by atoms with Crippen molar-refractivity contribution in [1.29, 1.82) is 0 Å². The first-order valence-corrected chi connectivity index (χ1v) is 12.6. The Morgan fingerprint density at radius 3 is 2.59 bits per heavy atom. The van der Waals surface area contributed by atoms with Gasteiger partial charge in [0.25, 0.3) is 0 Å². The largest absolute Gasteiger partial charge is 0.334 e. The highest BCUT2D eigenvalue weighted by Gasteiger charge is 2.54. The molecular weight excluding hydrogens is 446 g/mol. The SMILES string of the molecule is O=C1C[C@](CC(=O)N2CCCC[C@@H]2c2ccccn2)(c2ccccc2)C(=O)N1Cc1cccs1. The van der Waals surface area contributed by atoms with Crippen LogP contribution in [-0.4, -0.2) is 39.1 Å². The van der Waals surface area contributed by atoms with E-state index in [1.54, 1.807) is 6.20 Å². The zero-order chi connectivity index (χ0) is 23.5. The van der Waals surface area contributed by atoms with Crippen LogP contribution in [0.4, 0.5) is 0 Å². The molecule has 2 atom stereocenters. The molecular formula is C27H27N3O3S. The van der Waals surface area contributed by atoms with E-state index in [4.69, 9.17) is 0 Å². The first-order valence-electron chi connectivity index (χ1n) is 11.7. The first kappa shape index (κ1) is 22.5. The summed E-state index contributed by atoms with van der Waals surface area (Å²) in [7, 11) is 0. The van der Waals surface area contributed by atoms with Crippen LogP contribution < -0.4 is 0 Å². The number of likely N-dealkylation sites (tertiary alicyclic amines) is 2. The summed E-state index contributed by atoms with van der Waals surface area (Å²) in [6.07, 6.45) is 4.53. The summed E-state index contributed by atoms with van der Waals surface area (Å²) >= 11 is 1.52. The van der Waals surface area contributed by atoms with Gasteiger partial charge in [-0.05, 0) is 48.4 Å². The van der Waals surface area contributed by atoms with Gasteiger partial charge in [-0.3, -0.25) is 24.3 Å². The van der Waals surface area contributed by atoms with Gasteiger partial charge in [0, 0.05) is 30.5 Å². The van der Waals surface area contributed by atoms with Gasteiger partial charge in [-0.15, -0.1) is 11.3 Å². The Morgan fingerprint density at radius 1 is 1.03 bits per heavy atom. The van der Waals surface area contributed by atoms with E-state index < -0.39 is 5.41 Å². The third-order valence-electron chi connectivity index (χ3n) is 6.93. The van der Waals surface area contributed by atoms with E-state index >= 15 is 0 Å². The maximum absolute atomic E-state index is 13.9. The van der Waals surface area contributed by atoms with Crippen LogP contribution in [-0.2, 0) is 26.3 Å². The van der Waals surface area contributed by atoms with Crippen LogP contribution in [0.25, 0.3) is 0 Å². The Balaban J connectivity index is 1.47. The van der Waals surface area contributed by atoms with E-state index in [0.717, 1.165) is 35.4 Å². The molecule has 0 N–H and O–H groups in total.